The fraction of sp³-hybridized carbons (Fsp3) is 0.333. The molecule has 0 radical (unpaired) electrons. The molecule has 0 aliphatic heterocycles. The van der Waals surface area contributed by atoms with Gasteiger partial charge in [0.15, 0.2) is 0 Å². The zero-order chi connectivity index (χ0) is 8.27. The lowest BCUT2D eigenvalue weighted by atomic mass is 10.2. The standard InChI is InChI=1S/C9H12BrN.BrH/c1-11(2)9-6-4-3-5-8(9)7-10;/h3-6H,7H2,1-2H3;1H. The third kappa shape index (κ3) is 2.79. The van der Waals surface area contributed by atoms with Crippen LogP contribution in [0, 0.1) is 0 Å². The van der Waals surface area contributed by atoms with E-state index in [1.807, 2.05) is 0 Å². The maximum Gasteiger partial charge on any atom is 0.0402 e. The smallest absolute Gasteiger partial charge is 0.0402 e. The van der Waals surface area contributed by atoms with Crippen LogP contribution in [0.25, 0.3) is 0 Å². The second kappa shape index (κ2) is 5.60. The molecule has 0 bridgehead atoms. The largest absolute Gasteiger partial charge is 0.377 e. The molecule has 0 aliphatic rings. The van der Waals surface area contributed by atoms with Crippen molar-refractivity contribution in [1.82, 2.24) is 0 Å². The summed E-state index contributed by atoms with van der Waals surface area (Å²) >= 11 is 3.45. The Hall–Kier alpha value is -0.0200. The Morgan fingerprint density at radius 3 is 2.25 bits per heavy atom. The van der Waals surface area contributed by atoms with Crippen molar-refractivity contribution in [2.24, 2.45) is 0 Å². The van der Waals surface area contributed by atoms with Gasteiger partial charge >= 0.3 is 0 Å². The Bertz CT molecular complexity index is 236. The molecule has 0 fully saturated rings. The summed E-state index contributed by atoms with van der Waals surface area (Å²) in [4.78, 5) is 2.12. The highest BCUT2D eigenvalue weighted by molar-refractivity contribution is 9.08. The molecule has 0 unspecified atom stereocenters. The van der Waals surface area contributed by atoms with E-state index in [0.29, 0.717) is 0 Å². The molecular weight excluding hydrogens is 282 g/mol. The molecule has 68 valence electrons. The van der Waals surface area contributed by atoms with E-state index in [4.69, 9.17) is 0 Å². The highest BCUT2D eigenvalue weighted by Crippen LogP contribution is 2.19. The third-order valence-electron chi connectivity index (χ3n) is 1.62. The summed E-state index contributed by atoms with van der Waals surface area (Å²) < 4.78 is 0. The van der Waals surface area contributed by atoms with Gasteiger partial charge in [0.25, 0.3) is 0 Å². The zero-order valence-corrected chi connectivity index (χ0v) is 10.5. The second-order valence-corrected chi connectivity index (χ2v) is 3.22. The third-order valence-corrected chi connectivity index (χ3v) is 2.22. The van der Waals surface area contributed by atoms with Crippen molar-refractivity contribution < 1.29 is 0 Å². The van der Waals surface area contributed by atoms with Crippen LogP contribution in [0.4, 0.5) is 5.69 Å². The molecule has 0 spiro atoms. The van der Waals surface area contributed by atoms with Crippen molar-refractivity contribution in [1.29, 1.82) is 0 Å². The van der Waals surface area contributed by atoms with E-state index >= 15 is 0 Å². The minimum atomic E-state index is 0. The fourth-order valence-electron chi connectivity index (χ4n) is 1.06. The van der Waals surface area contributed by atoms with Crippen LogP contribution in [0.2, 0.25) is 0 Å². The van der Waals surface area contributed by atoms with Crippen LogP contribution in [0.1, 0.15) is 5.56 Å². The van der Waals surface area contributed by atoms with Crippen LogP contribution in [0.5, 0.6) is 0 Å². The summed E-state index contributed by atoms with van der Waals surface area (Å²) in [5.74, 6) is 0. The topological polar surface area (TPSA) is 3.24 Å². The molecule has 0 heterocycles. The highest BCUT2D eigenvalue weighted by atomic mass is 79.9. The lowest BCUT2D eigenvalue weighted by Crippen LogP contribution is -2.10. The number of benzene rings is 1. The quantitative estimate of drug-likeness (QED) is 0.757. The van der Waals surface area contributed by atoms with Gasteiger partial charge in [-0.2, -0.15) is 0 Å². The minimum Gasteiger partial charge on any atom is -0.377 e. The van der Waals surface area contributed by atoms with Crippen LogP contribution in [0.15, 0.2) is 24.3 Å². The van der Waals surface area contributed by atoms with Crippen molar-refractivity contribution in [3.8, 4) is 0 Å². The summed E-state index contributed by atoms with van der Waals surface area (Å²) in [6, 6.07) is 8.37. The van der Waals surface area contributed by atoms with E-state index in [1.165, 1.54) is 11.3 Å². The number of anilines is 1. The minimum absolute atomic E-state index is 0. The molecule has 0 atom stereocenters. The summed E-state index contributed by atoms with van der Waals surface area (Å²) in [6.07, 6.45) is 0. The van der Waals surface area contributed by atoms with Gasteiger partial charge in [-0.3, -0.25) is 0 Å². The van der Waals surface area contributed by atoms with Gasteiger partial charge in [-0.25, -0.2) is 0 Å². The van der Waals surface area contributed by atoms with Crippen molar-refractivity contribution in [3.63, 3.8) is 0 Å². The Kier molecular flexibility index (Phi) is 5.59. The number of rotatable bonds is 2. The Balaban J connectivity index is 0.00000121. The molecule has 0 aliphatic carbocycles. The van der Waals surface area contributed by atoms with Crippen LogP contribution >= 0.6 is 32.9 Å². The molecule has 1 aromatic carbocycles. The molecule has 0 aromatic heterocycles. The van der Waals surface area contributed by atoms with Gasteiger partial charge in [0.05, 0.1) is 0 Å². The van der Waals surface area contributed by atoms with Gasteiger partial charge < -0.3 is 4.90 Å². The first-order valence-corrected chi connectivity index (χ1v) is 4.69. The molecule has 1 nitrogen and oxygen atoms in total. The molecular formula is C9H13Br2N. The Labute approximate surface area is 92.7 Å². The van der Waals surface area contributed by atoms with Crippen molar-refractivity contribution in [2.45, 2.75) is 5.33 Å². The Morgan fingerprint density at radius 1 is 1.25 bits per heavy atom. The van der Waals surface area contributed by atoms with Gasteiger partial charge in [-0.1, -0.05) is 34.1 Å². The lowest BCUT2D eigenvalue weighted by molar-refractivity contribution is 1.11. The molecule has 1 aromatic rings. The number of nitrogens with zero attached hydrogens (tertiary/aromatic N) is 1. The predicted octanol–water partition coefficient (Wildman–Crippen LogP) is 3.23. The van der Waals surface area contributed by atoms with E-state index in [1.54, 1.807) is 0 Å². The normalized spacial score (nSPS) is 8.92. The summed E-state index contributed by atoms with van der Waals surface area (Å²) in [6.45, 7) is 0. The number of alkyl halides is 1. The monoisotopic (exact) mass is 293 g/mol. The number of halogens is 2. The molecule has 3 heteroatoms. The molecule has 12 heavy (non-hydrogen) atoms. The van der Waals surface area contributed by atoms with Gasteiger partial charge in [0.2, 0.25) is 0 Å². The maximum absolute atomic E-state index is 3.45. The molecule has 0 N–H and O–H groups in total. The average Bonchev–Trinajstić information content (AvgIpc) is 2.04. The van der Waals surface area contributed by atoms with E-state index < -0.39 is 0 Å². The summed E-state index contributed by atoms with van der Waals surface area (Å²) in [7, 11) is 4.11. The number of para-hydroxylation sites is 1. The fourth-order valence-corrected chi connectivity index (χ4v) is 1.53. The van der Waals surface area contributed by atoms with E-state index in [2.05, 4.69) is 59.2 Å². The average molecular weight is 295 g/mol. The first-order valence-electron chi connectivity index (χ1n) is 3.57. The first-order chi connectivity index (χ1) is 5.25. The van der Waals surface area contributed by atoms with Crippen molar-refractivity contribution >= 4 is 38.6 Å². The summed E-state index contributed by atoms with van der Waals surface area (Å²) in [5.41, 5.74) is 2.61. The number of hydrogen-bond acceptors (Lipinski definition) is 1. The second-order valence-electron chi connectivity index (χ2n) is 2.66. The molecule has 0 saturated carbocycles. The van der Waals surface area contributed by atoms with Crippen molar-refractivity contribution in [3.05, 3.63) is 29.8 Å². The van der Waals surface area contributed by atoms with Crippen LogP contribution in [-0.4, -0.2) is 14.1 Å². The van der Waals surface area contributed by atoms with Crippen LogP contribution in [-0.2, 0) is 5.33 Å². The molecule has 0 saturated heterocycles. The van der Waals surface area contributed by atoms with E-state index in [9.17, 15) is 0 Å². The van der Waals surface area contributed by atoms with E-state index in [-0.39, 0.29) is 17.0 Å². The van der Waals surface area contributed by atoms with Crippen LogP contribution < -0.4 is 4.90 Å². The van der Waals surface area contributed by atoms with Crippen molar-refractivity contribution in [2.75, 3.05) is 19.0 Å². The summed E-state index contributed by atoms with van der Waals surface area (Å²) in [5, 5.41) is 0.918. The SMILES string of the molecule is Br.CN(C)c1ccccc1CBr. The molecule has 0 amide bonds. The highest BCUT2D eigenvalue weighted by Gasteiger charge is 1.99. The van der Waals surface area contributed by atoms with Gasteiger partial charge in [0, 0.05) is 25.1 Å². The van der Waals surface area contributed by atoms with Gasteiger partial charge in [-0.15, -0.1) is 17.0 Å². The Morgan fingerprint density at radius 2 is 1.83 bits per heavy atom. The van der Waals surface area contributed by atoms with E-state index in [0.717, 1.165) is 5.33 Å². The maximum atomic E-state index is 3.45. The molecule has 1 rings (SSSR count). The predicted molar refractivity (Wildman–Crippen MR) is 63.7 cm³/mol. The number of hydrogen-bond donors (Lipinski definition) is 0. The first kappa shape index (κ1) is 12.0. The van der Waals surface area contributed by atoms with Gasteiger partial charge in [0.1, 0.15) is 0 Å². The lowest BCUT2D eigenvalue weighted by Gasteiger charge is -2.15. The van der Waals surface area contributed by atoms with Gasteiger partial charge in [-0.05, 0) is 11.6 Å². The van der Waals surface area contributed by atoms with Crippen LogP contribution in [0.3, 0.4) is 0 Å². The zero-order valence-electron chi connectivity index (χ0n) is 7.25.